The maximum absolute atomic E-state index is 5.58. The van der Waals surface area contributed by atoms with E-state index in [2.05, 4.69) is 29.2 Å². The highest BCUT2D eigenvalue weighted by Crippen LogP contribution is 2.32. The van der Waals surface area contributed by atoms with Crippen LogP contribution in [0.1, 0.15) is 30.1 Å². The monoisotopic (exact) mass is 310 g/mol. The van der Waals surface area contributed by atoms with E-state index >= 15 is 0 Å². The fourth-order valence-corrected chi connectivity index (χ4v) is 3.02. The van der Waals surface area contributed by atoms with Crippen molar-refractivity contribution in [2.45, 2.75) is 40.4 Å². The van der Waals surface area contributed by atoms with Crippen LogP contribution >= 0.6 is 11.3 Å². The minimum absolute atomic E-state index is 0.214. The van der Waals surface area contributed by atoms with Crippen LogP contribution in [0.25, 0.3) is 10.2 Å². The minimum Gasteiger partial charge on any atom is -0.376 e. The number of ether oxygens (including phenoxy) is 2. The first-order valence-electron chi connectivity index (χ1n) is 6.95. The molecule has 7 heteroatoms. The smallest absolute Gasteiger partial charge is 0.158 e. The number of hydrogen-bond acceptors (Lipinski definition) is 7. The second kappa shape index (κ2) is 7.13. The molecule has 2 heterocycles. The van der Waals surface area contributed by atoms with Gasteiger partial charge in [-0.2, -0.15) is 0 Å². The van der Waals surface area contributed by atoms with Crippen molar-refractivity contribution in [2.24, 2.45) is 5.84 Å². The second-order valence-corrected chi connectivity index (χ2v) is 6.27. The van der Waals surface area contributed by atoms with Gasteiger partial charge in [0, 0.05) is 4.88 Å². The maximum atomic E-state index is 5.58. The number of hydrogen-bond donors (Lipinski definition) is 2. The van der Waals surface area contributed by atoms with E-state index < -0.39 is 0 Å². The molecule has 0 fully saturated rings. The molecule has 2 aromatic rings. The fraction of sp³-hybridized carbons (Fsp3) is 0.571. The standard InChI is InChI=1S/C14H22N4O2S/c1-8(2)20-6-5-19-7-11-16-13(18-15)12-9(3)10(4)21-14(12)17-11/h8H,5-7,15H2,1-4H3,(H,16,17,18). The van der Waals surface area contributed by atoms with E-state index in [1.807, 2.05) is 13.8 Å². The minimum atomic E-state index is 0.214. The van der Waals surface area contributed by atoms with Gasteiger partial charge in [0.25, 0.3) is 0 Å². The van der Waals surface area contributed by atoms with Crippen molar-refractivity contribution in [1.82, 2.24) is 9.97 Å². The van der Waals surface area contributed by atoms with Gasteiger partial charge in [0.15, 0.2) is 11.6 Å². The van der Waals surface area contributed by atoms with E-state index in [1.165, 1.54) is 10.4 Å². The Morgan fingerprint density at radius 3 is 2.67 bits per heavy atom. The van der Waals surface area contributed by atoms with E-state index in [0.717, 1.165) is 10.2 Å². The van der Waals surface area contributed by atoms with E-state index in [0.29, 0.717) is 31.5 Å². The van der Waals surface area contributed by atoms with Gasteiger partial charge >= 0.3 is 0 Å². The van der Waals surface area contributed by atoms with E-state index in [-0.39, 0.29) is 6.10 Å². The summed E-state index contributed by atoms with van der Waals surface area (Å²) in [5.41, 5.74) is 3.82. The molecule has 0 aliphatic rings. The van der Waals surface area contributed by atoms with Crippen molar-refractivity contribution in [3.05, 3.63) is 16.3 Å². The number of nitrogens with one attached hydrogen (secondary N) is 1. The van der Waals surface area contributed by atoms with Gasteiger partial charge < -0.3 is 14.9 Å². The lowest BCUT2D eigenvalue weighted by Gasteiger charge is -2.09. The molecular formula is C14H22N4O2S. The molecule has 2 rings (SSSR count). The van der Waals surface area contributed by atoms with Crippen molar-refractivity contribution in [2.75, 3.05) is 18.6 Å². The lowest BCUT2D eigenvalue weighted by atomic mass is 10.2. The number of rotatable bonds is 7. The lowest BCUT2D eigenvalue weighted by molar-refractivity contribution is 0.0128. The van der Waals surface area contributed by atoms with Gasteiger partial charge in [-0.15, -0.1) is 11.3 Å². The average molecular weight is 310 g/mol. The number of nitrogen functional groups attached to an aromatic ring is 1. The summed E-state index contributed by atoms with van der Waals surface area (Å²) in [7, 11) is 0. The molecule has 0 unspecified atom stereocenters. The largest absolute Gasteiger partial charge is 0.376 e. The van der Waals surface area contributed by atoms with E-state index in [9.17, 15) is 0 Å². The molecule has 2 aromatic heterocycles. The van der Waals surface area contributed by atoms with Gasteiger partial charge in [-0.05, 0) is 33.3 Å². The first kappa shape index (κ1) is 16.1. The van der Waals surface area contributed by atoms with Crippen LogP contribution in [-0.2, 0) is 16.1 Å². The van der Waals surface area contributed by atoms with Crippen LogP contribution in [0.5, 0.6) is 0 Å². The third-order valence-corrected chi connectivity index (χ3v) is 4.22. The number of aromatic nitrogens is 2. The summed E-state index contributed by atoms with van der Waals surface area (Å²) < 4.78 is 11.0. The quantitative estimate of drug-likeness (QED) is 0.464. The Morgan fingerprint density at radius 1 is 1.24 bits per heavy atom. The molecule has 0 radical (unpaired) electrons. The highest BCUT2D eigenvalue weighted by molar-refractivity contribution is 7.18. The predicted octanol–water partition coefficient (Wildman–Crippen LogP) is 2.54. The predicted molar refractivity (Wildman–Crippen MR) is 85.4 cm³/mol. The zero-order chi connectivity index (χ0) is 15.4. The average Bonchev–Trinajstić information content (AvgIpc) is 2.72. The normalized spacial score (nSPS) is 11.5. The summed E-state index contributed by atoms with van der Waals surface area (Å²) >= 11 is 1.64. The SMILES string of the molecule is Cc1sc2nc(COCCOC(C)C)nc(NN)c2c1C. The van der Waals surface area contributed by atoms with E-state index in [1.54, 1.807) is 11.3 Å². The van der Waals surface area contributed by atoms with Crippen LogP contribution in [0, 0.1) is 13.8 Å². The first-order chi connectivity index (χ1) is 10.0. The summed E-state index contributed by atoms with van der Waals surface area (Å²) in [6.07, 6.45) is 0.214. The summed E-state index contributed by atoms with van der Waals surface area (Å²) in [4.78, 5) is 11.1. The highest BCUT2D eigenvalue weighted by atomic mass is 32.1. The van der Waals surface area contributed by atoms with Crippen LogP contribution < -0.4 is 11.3 Å². The Hall–Kier alpha value is -1.28. The molecule has 0 saturated carbocycles. The molecule has 0 atom stereocenters. The number of anilines is 1. The third kappa shape index (κ3) is 3.88. The molecule has 0 spiro atoms. The molecule has 0 aromatic carbocycles. The molecule has 0 bridgehead atoms. The molecule has 0 saturated heterocycles. The molecule has 6 nitrogen and oxygen atoms in total. The van der Waals surface area contributed by atoms with Crippen molar-refractivity contribution in [3.63, 3.8) is 0 Å². The highest BCUT2D eigenvalue weighted by Gasteiger charge is 2.13. The molecule has 3 N–H and O–H groups in total. The maximum Gasteiger partial charge on any atom is 0.158 e. The summed E-state index contributed by atoms with van der Waals surface area (Å²) in [5, 5.41) is 0.992. The Kier molecular flexibility index (Phi) is 5.46. The molecule has 21 heavy (non-hydrogen) atoms. The van der Waals surface area contributed by atoms with Crippen molar-refractivity contribution >= 4 is 27.4 Å². The number of fused-ring (bicyclic) bond motifs is 1. The van der Waals surface area contributed by atoms with Gasteiger partial charge in [-0.3, -0.25) is 0 Å². The molecule has 0 aliphatic heterocycles. The van der Waals surface area contributed by atoms with Crippen LogP contribution in [0.4, 0.5) is 5.82 Å². The van der Waals surface area contributed by atoms with Gasteiger partial charge in [-0.1, -0.05) is 0 Å². The van der Waals surface area contributed by atoms with Gasteiger partial charge in [0.1, 0.15) is 11.4 Å². The topological polar surface area (TPSA) is 82.3 Å². The van der Waals surface area contributed by atoms with Crippen LogP contribution in [0.15, 0.2) is 0 Å². The van der Waals surface area contributed by atoms with Crippen LogP contribution in [0.3, 0.4) is 0 Å². The molecule has 0 amide bonds. The van der Waals surface area contributed by atoms with Crippen molar-refractivity contribution in [3.8, 4) is 0 Å². The van der Waals surface area contributed by atoms with Gasteiger partial charge in [0.05, 0.1) is 24.7 Å². The number of hydrazine groups is 1. The summed E-state index contributed by atoms with van der Waals surface area (Å²) in [5.74, 6) is 6.85. The van der Waals surface area contributed by atoms with Crippen LogP contribution in [0.2, 0.25) is 0 Å². The fourth-order valence-electron chi connectivity index (χ4n) is 1.97. The molecule has 116 valence electrons. The number of aryl methyl sites for hydroxylation is 2. The zero-order valence-corrected chi connectivity index (χ0v) is 13.7. The van der Waals surface area contributed by atoms with Crippen molar-refractivity contribution in [1.29, 1.82) is 0 Å². The van der Waals surface area contributed by atoms with Gasteiger partial charge in [0.2, 0.25) is 0 Å². The van der Waals surface area contributed by atoms with E-state index in [4.69, 9.17) is 15.3 Å². The number of nitrogens with zero attached hydrogens (tertiary/aromatic N) is 2. The third-order valence-electron chi connectivity index (χ3n) is 3.12. The lowest BCUT2D eigenvalue weighted by Crippen LogP contribution is -2.13. The summed E-state index contributed by atoms with van der Waals surface area (Å²) in [6.45, 7) is 9.56. The first-order valence-corrected chi connectivity index (χ1v) is 7.77. The second-order valence-electron chi connectivity index (χ2n) is 5.07. The van der Waals surface area contributed by atoms with Crippen molar-refractivity contribution < 1.29 is 9.47 Å². The van der Waals surface area contributed by atoms with Crippen LogP contribution in [-0.4, -0.2) is 29.3 Å². The summed E-state index contributed by atoms with van der Waals surface area (Å²) in [6, 6.07) is 0. The Morgan fingerprint density at radius 2 is 2.00 bits per heavy atom. The Balaban J connectivity index is 2.07. The number of thiophene rings is 1. The Labute approximate surface area is 128 Å². The molecular weight excluding hydrogens is 288 g/mol. The Bertz CT molecular complexity index is 613. The number of nitrogens with two attached hydrogens (primary N) is 1. The molecule has 0 aliphatic carbocycles. The van der Waals surface area contributed by atoms with Gasteiger partial charge in [-0.25, -0.2) is 15.8 Å². The zero-order valence-electron chi connectivity index (χ0n) is 12.9.